The fourth-order valence-corrected chi connectivity index (χ4v) is 1.17. The van der Waals surface area contributed by atoms with Gasteiger partial charge in [-0.25, -0.2) is 4.79 Å². The molecule has 0 saturated heterocycles. The third kappa shape index (κ3) is 4.46. The SMILES string of the molecule is CC(=O)CNC(=O)Nc1ccc(C(C)=O)cc1. The van der Waals surface area contributed by atoms with Gasteiger partial charge in [-0.15, -0.1) is 0 Å². The van der Waals surface area contributed by atoms with Crippen molar-refractivity contribution in [2.75, 3.05) is 11.9 Å². The normalized spacial score (nSPS) is 9.53. The third-order valence-electron chi connectivity index (χ3n) is 2.05. The molecule has 0 bridgehead atoms. The van der Waals surface area contributed by atoms with Crippen LogP contribution < -0.4 is 10.6 Å². The van der Waals surface area contributed by atoms with Gasteiger partial charge in [-0.2, -0.15) is 0 Å². The van der Waals surface area contributed by atoms with E-state index in [9.17, 15) is 14.4 Å². The zero-order chi connectivity index (χ0) is 12.8. The predicted octanol–water partition coefficient (Wildman–Crippen LogP) is 1.60. The quantitative estimate of drug-likeness (QED) is 0.777. The molecule has 1 rings (SSSR count). The predicted molar refractivity (Wildman–Crippen MR) is 64.1 cm³/mol. The summed E-state index contributed by atoms with van der Waals surface area (Å²) < 4.78 is 0. The van der Waals surface area contributed by atoms with Gasteiger partial charge in [0, 0.05) is 11.3 Å². The lowest BCUT2D eigenvalue weighted by atomic mass is 10.1. The first-order valence-electron chi connectivity index (χ1n) is 5.14. The first-order chi connectivity index (χ1) is 7.99. The van der Waals surface area contributed by atoms with Crippen LogP contribution in [0.15, 0.2) is 24.3 Å². The third-order valence-corrected chi connectivity index (χ3v) is 2.05. The largest absolute Gasteiger partial charge is 0.331 e. The number of rotatable bonds is 4. The summed E-state index contributed by atoms with van der Waals surface area (Å²) in [5.41, 5.74) is 1.15. The standard InChI is InChI=1S/C12H14N2O3/c1-8(15)7-13-12(17)14-11-5-3-10(4-6-11)9(2)16/h3-6H,7H2,1-2H3,(H2,13,14,17). The molecule has 1 aromatic carbocycles. The molecule has 0 fully saturated rings. The average molecular weight is 234 g/mol. The van der Waals surface area contributed by atoms with E-state index in [4.69, 9.17) is 0 Å². The van der Waals surface area contributed by atoms with Crippen molar-refractivity contribution in [3.8, 4) is 0 Å². The molecule has 0 unspecified atom stereocenters. The van der Waals surface area contributed by atoms with Crippen molar-refractivity contribution >= 4 is 23.3 Å². The number of nitrogens with one attached hydrogen (secondary N) is 2. The van der Waals surface area contributed by atoms with Crippen molar-refractivity contribution in [2.24, 2.45) is 0 Å². The molecule has 90 valence electrons. The van der Waals surface area contributed by atoms with Crippen molar-refractivity contribution in [1.29, 1.82) is 0 Å². The molecule has 0 heterocycles. The van der Waals surface area contributed by atoms with Gasteiger partial charge in [-0.3, -0.25) is 9.59 Å². The second kappa shape index (κ2) is 5.79. The van der Waals surface area contributed by atoms with E-state index in [0.29, 0.717) is 11.3 Å². The van der Waals surface area contributed by atoms with Gasteiger partial charge in [0.25, 0.3) is 0 Å². The number of benzene rings is 1. The van der Waals surface area contributed by atoms with Crippen molar-refractivity contribution in [2.45, 2.75) is 13.8 Å². The Bertz CT molecular complexity index is 438. The first kappa shape index (κ1) is 12.9. The lowest BCUT2D eigenvalue weighted by Crippen LogP contribution is -2.32. The number of hydrogen-bond donors (Lipinski definition) is 2. The molecule has 0 aliphatic heterocycles. The molecule has 0 saturated carbocycles. The van der Waals surface area contributed by atoms with E-state index in [0.717, 1.165) is 0 Å². The lowest BCUT2D eigenvalue weighted by molar-refractivity contribution is -0.116. The molecule has 2 N–H and O–H groups in total. The number of carbonyl (C=O) groups excluding carboxylic acids is 3. The van der Waals surface area contributed by atoms with Gasteiger partial charge in [0.15, 0.2) is 5.78 Å². The van der Waals surface area contributed by atoms with Crippen LogP contribution in [0.25, 0.3) is 0 Å². The summed E-state index contributed by atoms with van der Waals surface area (Å²) in [7, 11) is 0. The van der Waals surface area contributed by atoms with Gasteiger partial charge in [0.05, 0.1) is 6.54 Å². The number of amides is 2. The molecular formula is C12H14N2O3. The highest BCUT2D eigenvalue weighted by atomic mass is 16.2. The van der Waals surface area contributed by atoms with Crippen LogP contribution in [0.4, 0.5) is 10.5 Å². The monoisotopic (exact) mass is 234 g/mol. The molecule has 5 heteroatoms. The van der Waals surface area contributed by atoms with E-state index in [1.54, 1.807) is 24.3 Å². The van der Waals surface area contributed by atoms with Crippen LogP contribution in [0.1, 0.15) is 24.2 Å². The Morgan fingerprint density at radius 1 is 1.06 bits per heavy atom. The Kier molecular flexibility index (Phi) is 4.39. The van der Waals surface area contributed by atoms with Crippen LogP contribution in [-0.2, 0) is 4.79 Å². The Hall–Kier alpha value is -2.17. The van der Waals surface area contributed by atoms with Crippen LogP contribution in [-0.4, -0.2) is 24.1 Å². The molecule has 0 aliphatic rings. The summed E-state index contributed by atoms with van der Waals surface area (Å²) in [6.07, 6.45) is 0. The Labute approximate surface area is 99.2 Å². The molecule has 0 radical (unpaired) electrons. The summed E-state index contributed by atoms with van der Waals surface area (Å²) in [6.45, 7) is 2.86. The van der Waals surface area contributed by atoms with Crippen molar-refractivity contribution in [1.82, 2.24) is 5.32 Å². The topological polar surface area (TPSA) is 75.3 Å². The molecule has 0 aromatic heterocycles. The fraction of sp³-hybridized carbons (Fsp3) is 0.250. The minimum atomic E-state index is -0.448. The Morgan fingerprint density at radius 3 is 2.12 bits per heavy atom. The maximum atomic E-state index is 11.3. The molecule has 0 aliphatic carbocycles. The number of hydrogen-bond acceptors (Lipinski definition) is 3. The van der Waals surface area contributed by atoms with E-state index in [-0.39, 0.29) is 18.1 Å². The Balaban J connectivity index is 2.54. The first-order valence-corrected chi connectivity index (χ1v) is 5.14. The summed E-state index contributed by atoms with van der Waals surface area (Å²) in [4.78, 5) is 33.0. The molecule has 0 spiro atoms. The minimum Gasteiger partial charge on any atom is -0.331 e. The Morgan fingerprint density at radius 2 is 1.65 bits per heavy atom. The number of Topliss-reactive ketones (excluding diaryl/α,β-unsaturated/α-hetero) is 2. The fourth-order valence-electron chi connectivity index (χ4n) is 1.17. The number of carbonyl (C=O) groups is 3. The lowest BCUT2D eigenvalue weighted by Gasteiger charge is -2.06. The molecule has 2 amide bonds. The number of ketones is 2. The summed E-state index contributed by atoms with van der Waals surface area (Å²) in [5, 5.41) is 4.95. The van der Waals surface area contributed by atoms with Gasteiger partial charge >= 0.3 is 6.03 Å². The van der Waals surface area contributed by atoms with E-state index in [2.05, 4.69) is 10.6 Å². The van der Waals surface area contributed by atoms with Gasteiger partial charge < -0.3 is 10.6 Å². The molecule has 1 aromatic rings. The second-order valence-corrected chi connectivity index (χ2v) is 3.64. The van der Waals surface area contributed by atoms with Gasteiger partial charge in [0.2, 0.25) is 0 Å². The molecule has 0 atom stereocenters. The molecule has 17 heavy (non-hydrogen) atoms. The highest BCUT2D eigenvalue weighted by molar-refractivity contribution is 5.95. The number of urea groups is 1. The van der Waals surface area contributed by atoms with Crippen molar-refractivity contribution < 1.29 is 14.4 Å². The zero-order valence-corrected chi connectivity index (χ0v) is 9.74. The highest BCUT2D eigenvalue weighted by Gasteiger charge is 2.03. The van der Waals surface area contributed by atoms with Gasteiger partial charge in [-0.05, 0) is 38.1 Å². The van der Waals surface area contributed by atoms with E-state index < -0.39 is 6.03 Å². The van der Waals surface area contributed by atoms with Crippen molar-refractivity contribution in [3.63, 3.8) is 0 Å². The highest BCUT2D eigenvalue weighted by Crippen LogP contribution is 2.09. The molecule has 5 nitrogen and oxygen atoms in total. The summed E-state index contributed by atoms with van der Waals surface area (Å²) in [5.74, 6) is -0.148. The second-order valence-electron chi connectivity index (χ2n) is 3.64. The number of anilines is 1. The van der Waals surface area contributed by atoms with E-state index in [1.165, 1.54) is 13.8 Å². The van der Waals surface area contributed by atoms with E-state index >= 15 is 0 Å². The van der Waals surface area contributed by atoms with Crippen molar-refractivity contribution in [3.05, 3.63) is 29.8 Å². The smallest absolute Gasteiger partial charge is 0.319 e. The summed E-state index contributed by atoms with van der Waals surface area (Å²) >= 11 is 0. The van der Waals surface area contributed by atoms with Crippen LogP contribution in [0, 0.1) is 0 Å². The molecular weight excluding hydrogens is 220 g/mol. The maximum absolute atomic E-state index is 11.3. The van der Waals surface area contributed by atoms with Crippen LogP contribution >= 0.6 is 0 Å². The van der Waals surface area contributed by atoms with Gasteiger partial charge in [-0.1, -0.05) is 0 Å². The van der Waals surface area contributed by atoms with Crippen LogP contribution in [0.2, 0.25) is 0 Å². The minimum absolute atomic E-state index is 0.00262. The van der Waals surface area contributed by atoms with Gasteiger partial charge in [0.1, 0.15) is 5.78 Å². The zero-order valence-electron chi connectivity index (χ0n) is 9.74. The van der Waals surface area contributed by atoms with Crippen LogP contribution in [0.3, 0.4) is 0 Å². The van der Waals surface area contributed by atoms with E-state index in [1.807, 2.05) is 0 Å². The maximum Gasteiger partial charge on any atom is 0.319 e. The summed E-state index contributed by atoms with van der Waals surface area (Å²) in [6, 6.07) is 6.07. The average Bonchev–Trinajstić information content (AvgIpc) is 2.27. The van der Waals surface area contributed by atoms with Crippen LogP contribution in [0.5, 0.6) is 0 Å².